The Bertz CT molecular complexity index is 2910. The number of hydrogen-bond acceptors (Lipinski definition) is 0. The lowest BCUT2D eigenvalue weighted by Gasteiger charge is -2.20. The predicted molar refractivity (Wildman–Crippen MR) is 201 cm³/mol. The van der Waals surface area contributed by atoms with E-state index in [-0.39, 0.29) is 29.7 Å². The fourth-order valence-corrected chi connectivity index (χ4v) is 7.92. The van der Waals surface area contributed by atoms with Crippen LogP contribution >= 0.6 is 0 Å². The molecule has 0 atom stereocenters. The number of fused-ring (bicyclic) bond motifs is 7. The molecule has 0 N–H and O–H groups in total. The SMILES string of the molecule is [2H]c1c([2H])c([2H])c(-c2cc(-c3c4ccccc4c(-c4cccc5c4-c4cc6ccccc6cc4C5)c4ccccc34)cc3ccccc23)c([2H])c1[2H]. The molecule has 0 unspecified atom stereocenters. The van der Waals surface area contributed by atoms with E-state index in [4.69, 9.17) is 6.85 Å². The highest BCUT2D eigenvalue weighted by atomic mass is 14.3. The highest BCUT2D eigenvalue weighted by molar-refractivity contribution is 6.23. The molecular weight excluding hydrogens is 565 g/mol. The summed E-state index contributed by atoms with van der Waals surface area (Å²) < 4.78 is 42.9. The van der Waals surface area contributed by atoms with Crippen LogP contribution in [0.15, 0.2) is 170 Å². The summed E-state index contributed by atoms with van der Waals surface area (Å²) in [6.45, 7) is 0. The summed E-state index contributed by atoms with van der Waals surface area (Å²) in [6, 6.07) is 47.8. The lowest BCUT2D eigenvalue weighted by atomic mass is 9.82. The molecule has 0 saturated carbocycles. The van der Waals surface area contributed by atoms with Gasteiger partial charge in [-0.05, 0) is 123 Å². The lowest BCUT2D eigenvalue weighted by molar-refractivity contribution is 1.27. The van der Waals surface area contributed by atoms with Gasteiger partial charge in [-0.1, -0.05) is 152 Å². The van der Waals surface area contributed by atoms with Crippen LogP contribution in [0.25, 0.3) is 87.6 Å². The summed E-state index contributed by atoms with van der Waals surface area (Å²) in [7, 11) is 0. The van der Waals surface area contributed by atoms with Crippen LogP contribution in [0.2, 0.25) is 0 Å². The second-order valence-electron chi connectivity index (χ2n) is 12.5. The zero-order valence-electron chi connectivity index (χ0n) is 30.5. The monoisotopic (exact) mass is 599 g/mol. The van der Waals surface area contributed by atoms with Crippen molar-refractivity contribution in [2.75, 3.05) is 0 Å². The van der Waals surface area contributed by atoms with Gasteiger partial charge in [0, 0.05) is 0 Å². The molecule has 0 heteroatoms. The van der Waals surface area contributed by atoms with Gasteiger partial charge in [-0.2, -0.15) is 0 Å². The molecule has 0 amide bonds. The van der Waals surface area contributed by atoms with E-state index in [0.29, 0.717) is 5.56 Å². The number of hydrogen-bond donors (Lipinski definition) is 0. The average molecular weight is 600 g/mol. The van der Waals surface area contributed by atoms with Gasteiger partial charge in [0.1, 0.15) is 0 Å². The van der Waals surface area contributed by atoms with Crippen molar-refractivity contribution in [2.45, 2.75) is 6.42 Å². The van der Waals surface area contributed by atoms with Crippen molar-refractivity contribution in [3.8, 4) is 44.5 Å². The fraction of sp³-hybridized carbons (Fsp3) is 0.0213. The Hall–Kier alpha value is -5.98. The summed E-state index contributed by atoms with van der Waals surface area (Å²) in [4.78, 5) is 0. The highest BCUT2D eigenvalue weighted by Gasteiger charge is 2.25. The molecule has 0 aliphatic heterocycles. The van der Waals surface area contributed by atoms with Crippen molar-refractivity contribution >= 4 is 43.1 Å². The maximum Gasteiger partial charge on any atom is 0.0629 e. The molecule has 0 heterocycles. The average Bonchev–Trinajstić information content (AvgIpc) is 3.55. The molecule has 1 aliphatic carbocycles. The first kappa shape index (κ1) is 21.7. The molecule has 218 valence electrons. The van der Waals surface area contributed by atoms with Crippen LogP contribution in [-0.4, -0.2) is 0 Å². The van der Waals surface area contributed by atoms with Gasteiger partial charge in [0.2, 0.25) is 0 Å². The standard InChI is InChI=1S/C47H30/c1-2-13-30(14-3-1)43-29-36(26-33-17-6-7-19-37(33)43)46-38-20-8-10-22-40(38)47(41-23-11-9-21-39(41)46)42-24-12-18-34-27-35-25-31-15-4-5-16-32(31)28-44(35)45(34)42/h1-26,28-29H,27H2/i1D,2D,3D,13D,14D. The summed E-state index contributed by atoms with van der Waals surface area (Å²) in [6.07, 6.45) is 0.897. The largest absolute Gasteiger partial charge is 0.0629 e. The molecule has 0 radical (unpaired) electrons. The first-order chi connectivity index (χ1) is 25.4. The van der Waals surface area contributed by atoms with E-state index in [1.54, 1.807) is 0 Å². The summed E-state index contributed by atoms with van der Waals surface area (Å²) in [5, 5.41) is 8.72. The molecule has 0 bridgehead atoms. The molecule has 0 aromatic heterocycles. The van der Waals surface area contributed by atoms with E-state index in [0.717, 1.165) is 49.9 Å². The normalized spacial score (nSPS) is 13.7. The molecule has 47 heavy (non-hydrogen) atoms. The van der Waals surface area contributed by atoms with Gasteiger partial charge in [-0.15, -0.1) is 0 Å². The maximum atomic E-state index is 8.89. The fourth-order valence-electron chi connectivity index (χ4n) is 7.92. The molecule has 0 saturated heterocycles. The van der Waals surface area contributed by atoms with Crippen LogP contribution < -0.4 is 0 Å². The molecule has 0 spiro atoms. The zero-order chi connectivity index (χ0) is 35.2. The van der Waals surface area contributed by atoms with Crippen molar-refractivity contribution in [2.24, 2.45) is 0 Å². The van der Waals surface area contributed by atoms with Crippen molar-refractivity contribution < 1.29 is 6.85 Å². The van der Waals surface area contributed by atoms with Gasteiger partial charge >= 0.3 is 0 Å². The second-order valence-corrected chi connectivity index (χ2v) is 12.5. The Kier molecular flexibility index (Phi) is 4.74. The van der Waals surface area contributed by atoms with Crippen molar-refractivity contribution in [3.05, 3.63) is 181 Å². The second kappa shape index (κ2) is 10.3. The molecule has 9 aromatic rings. The molecule has 0 fully saturated rings. The van der Waals surface area contributed by atoms with Gasteiger partial charge in [0.15, 0.2) is 0 Å². The van der Waals surface area contributed by atoms with E-state index in [1.807, 2.05) is 30.3 Å². The summed E-state index contributed by atoms with van der Waals surface area (Å²) in [5.41, 5.74) is 10.5. The predicted octanol–water partition coefficient (Wildman–Crippen LogP) is 12.9. The van der Waals surface area contributed by atoms with Crippen LogP contribution in [0.4, 0.5) is 0 Å². The van der Waals surface area contributed by atoms with Crippen LogP contribution in [0, 0.1) is 0 Å². The minimum Gasteiger partial charge on any atom is -0.0622 e. The van der Waals surface area contributed by atoms with Crippen molar-refractivity contribution in [1.82, 2.24) is 0 Å². The third-order valence-electron chi connectivity index (χ3n) is 9.89. The summed E-state index contributed by atoms with van der Waals surface area (Å²) >= 11 is 0. The van der Waals surface area contributed by atoms with Gasteiger partial charge in [0.25, 0.3) is 0 Å². The smallest absolute Gasteiger partial charge is 0.0622 e. The van der Waals surface area contributed by atoms with Gasteiger partial charge in [0.05, 0.1) is 6.85 Å². The van der Waals surface area contributed by atoms with Crippen molar-refractivity contribution in [1.29, 1.82) is 0 Å². The van der Waals surface area contributed by atoms with E-state index in [9.17, 15) is 0 Å². The first-order valence-corrected chi connectivity index (χ1v) is 16.1. The van der Waals surface area contributed by atoms with E-state index >= 15 is 0 Å². The molecule has 10 rings (SSSR count). The van der Waals surface area contributed by atoms with Crippen LogP contribution in [0.3, 0.4) is 0 Å². The third-order valence-corrected chi connectivity index (χ3v) is 9.89. The van der Waals surface area contributed by atoms with Crippen LogP contribution in [0.1, 0.15) is 18.0 Å². The van der Waals surface area contributed by atoms with Gasteiger partial charge in [-0.3, -0.25) is 0 Å². The molecule has 1 aliphatic rings. The minimum absolute atomic E-state index is 0.204. The Labute approximate surface area is 281 Å². The quantitative estimate of drug-likeness (QED) is 0.177. The molecule has 0 nitrogen and oxygen atoms in total. The lowest BCUT2D eigenvalue weighted by Crippen LogP contribution is -1.93. The zero-order valence-corrected chi connectivity index (χ0v) is 25.5. The Balaban J connectivity index is 1.30. The van der Waals surface area contributed by atoms with Crippen LogP contribution in [0.5, 0.6) is 0 Å². The Morgan fingerprint density at radius 2 is 0.957 bits per heavy atom. The maximum absolute atomic E-state index is 8.89. The topological polar surface area (TPSA) is 0 Å². The van der Waals surface area contributed by atoms with Gasteiger partial charge in [-0.25, -0.2) is 0 Å². The number of rotatable bonds is 3. The highest BCUT2D eigenvalue weighted by Crippen LogP contribution is 2.50. The van der Waals surface area contributed by atoms with Gasteiger partial charge < -0.3 is 0 Å². The van der Waals surface area contributed by atoms with Crippen molar-refractivity contribution in [3.63, 3.8) is 0 Å². The van der Waals surface area contributed by atoms with E-state index in [1.165, 1.54) is 44.2 Å². The first-order valence-electron chi connectivity index (χ1n) is 18.6. The van der Waals surface area contributed by atoms with Crippen LogP contribution in [-0.2, 0) is 6.42 Å². The number of benzene rings is 9. The third kappa shape index (κ3) is 4.02. The molecular formula is C47H30. The Morgan fingerprint density at radius 3 is 1.66 bits per heavy atom. The minimum atomic E-state index is -0.394. The van der Waals surface area contributed by atoms with E-state index in [2.05, 4.69) is 109 Å². The molecule has 9 aromatic carbocycles. The summed E-state index contributed by atoms with van der Waals surface area (Å²) in [5.74, 6) is 0. The van der Waals surface area contributed by atoms with E-state index < -0.39 is 6.04 Å². The Morgan fingerprint density at radius 1 is 0.362 bits per heavy atom.